The number of para-hydroxylation sites is 2. The molecule has 5 nitrogen and oxygen atoms in total. The third-order valence-electron chi connectivity index (χ3n) is 4.55. The molecule has 0 aliphatic rings. The Morgan fingerprint density at radius 2 is 1.73 bits per heavy atom. The number of phenolic OH excluding ortho intramolecular Hbond substituents is 1. The van der Waals surface area contributed by atoms with Crippen LogP contribution >= 0.6 is 11.6 Å². The molecular weight excluding hydrogens is 400 g/mol. The van der Waals surface area contributed by atoms with Crippen LogP contribution in [0.2, 0.25) is 5.02 Å². The van der Waals surface area contributed by atoms with Gasteiger partial charge in [-0.1, -0.05) is 66.7 Å². The van der Waals surface area contributed by atoms with Crippen molar-refractivity contribution in [2.45, 2.75) is 19.6 Å². The van der Waals surface area contributed by atoms with Gasteiger partial charge in [-0.15, -0.1) is 0 Å². The predicted molar refractivity (Wildman–Crippen MR) is 120 cm³/mol. The summed E-state index contributed by atoms with van der Waals surface area (Å²) in [5, 5.41) is 16.3. The van der Waals surface area contributed by atoms with Crippen molar-refractivity contribution in [1.29, 1.82) is 0 Å². The van der Waals surface area contributed by atoms with Gasteiger partial charge in [-0.2, -0.15) is 0 Å². The second kappa shape index (κ2) is 9.85. The van der Waals surface area contributed by atoms with Crippen LogP contribution in [0, 0.1) is 0 Å². The topological polar surface area (TPSA) is 70.6 Å². The molecule has 154 valence electrons. The number of hydrogen-bond acceptors (Lipinski definition) is 4. The number of rotatable bonds is 7. The number of nitrogens with one attached hydrogen (secondary N) is 2. The van der Waals surface area contributed by atoms with Gasteiger partial charge < -0.3 is 20.5 Å². The van der Waals surface area contributed by atoms with E-state index in [1.54, 1.807) is 37.3 Å². The normalized spacial score (nSPS) is 11.4. The average molecular weight is 423 g/mol. The van der Waals surface area contributed by atoms with E-state index >= 15 is 0 Å². The summed E-state index contributed by atoms with van der Waals surface area (Å²) >= 11 is 5.88. The molecule has 1 unspecified atom stereocenters. The van der Waals surface area contributed by atoms with Crippen LogP contribution in [-0.4, -0.2) is 11.2 Å². The Labute approximate surface area is 181 Å². The van der Waals surface area contributed by atoms with Crippen molar-refractivity contribution in [2.24, 2.45) is 0 Å². The van der Waals surface area contributed by atoms with Gasteiger partial charge >= 0.3 is 6.09 Å². The molecule has 0 aliphatic carbocycles. The molecule has 30 heavy (non-hydrogen) atoms. The zero-order valence-corrected chi connectivity index (χ0v) is 17.3. The molecule has 0 aliphatic heterocycles. The SMILES string of the molecule is C=C(Nc1ccccc1O)c1ccc(CNC(=O)OC(C)c2ccc(Cl)cc2)cc1. The van der Waals surface area contributed by atoms with Crippen LogP contribution < -0.4 is 10.6 Å². The fourth-order valence-electron chi connectivity index (χ4n) is 2.82. The number of hydrogen-bond donors (Lipinski definition) is 3. The number of halogens is 1. The zero-order chi connectivity index (χ0) is 21.5. The fourth-order valence-corrected chi connectivity index (χ4v) is 2.94. The molecule has 0 radical (unpaired) electrons. The van der Waals surface area contributed by atoms with Gasteiger partial charge in [-0.05, 0) is 47.9 Å². The van der Waals surface area contributed by atoms with E-state index in [1.165, 1.54) is 0 Å². The Morgan fingerprint density at radius 1 is 1.07 bits per heavy atom. The molecule has 0 heterocycles. The smallest absolute Gasteiger partial charge is 0.408 e. The highest BCUT2D eigenvalue weighted by molar-refractivity contribution is 6.30. The van der Waals surface area contributed by atoms with Gasteiger partial charge in [-0.3, -0.25) is 0 Å². The maximum Gasteiger partial charge on any atom is 0.408 e. The molecule has 0 saturated heterocycles. The number of phenols is 1. The van der Waals surface area contributed by atoms with Gasteiger partial charge in [0.1, 0.15) is 11.9 Å². The lowest BCUT2D eigenvalue weighted by Gasteiger charge is -2.15. The fraction of sp³-hybridized carbons (Fsp3) is 0.125. The number of aromatic hydroxyl groups is 1. The lowest BCUT2D eigenvalue weighted by atomic mass is 10.1. The monoisotopic (exact) mass is 422 g/mol. The highest BCUT2D eigenvalue weighted by atomic mass is 35.5. The minimum atomic E-state index is -0.493. The summed E-state index contributed by atoms with van der Waals surface area (Å²) in [5.41, 5.74) is 3.92. The summed E-state index contributed by atoms with van der Waals surface area (Å²) in [6.07, 6.45) is -0.874. The molecule has 0 bridgehead atoms. The van der Waals surface area contributed by atoms with E-state index in [-0.39, 0.29) is 11.9 Å². The van der Waals surface area contributed by atoms with Gasteiger partial charge in [-0.25, -0.2) is 4.79 Å². The number of carbonyl (C=O) groups excluding carboxylic acids is 1. The second-order valence-corrected chi connectivity index (χ2v) is 7.21. The number of benzene rings is 3. The number of ether oxygens (including phenoxy) is 1. The Bertz CT molecular complexity index is 1020. The van der Waals surface area contributed by atoms with Gasteiger partial charge in [0.25, 0.3) is 0 Å². The third kappa shape index (κ3) is 5.78. The predicted octanol–water partition coefficient (Wildman–Crippen LogP) is 6.12. The van der Waals surface area contributed by atoms with Crippen LogP contribution in [0.3, 0.4) is 0 Å². The van der Waals surface area contributed by atoms with Crippen molar-refractivity contribution in [3.05, 3.63) is 101 Å². The summed E-state index contributed by atoms with van der Waals surface area (Å²) < 4.78 is 5.40. The molecule has 1 atom stereocenters. The molecule has 3 aromatic rings. The summed E-state index contributed by atoms with van der Waals surface area (Å²) in [4.78, 5) is 12.1. The lowest BCUT2D eigenvalue weighted by molar-refractivity contribution is 0.106. The summed E-state index contributed by atoms with van der Waals surface area (Å²) in [7, 11) is 0. The molecule has 6 heteroatoms. The number of anilines is 1. The van der Waals surface area contributed by atoms with Crippen LogP contribution in [-0.2, 0) is 11.3 Å². The van der Waals surface area contributed by atoms with Crippen LogP contribution in [0.25, 0.3) is 5.70 Å². The highest BCUT2D eigenvalue weighted by Crippen LogP contribution is 2.25. The molecule has 3 N–H and O–H groups in total. The molecule has 0 aromatic heterocycles. The first kappa shape index (κ1) is 21.3. The first-order valence-corrected chi connectivity index (χ1v) is 9.83. The Balaban J connectivity index is 1.50. The number of amides is 1. The van der Waals surface area contributed by atoms with Crippen molar-refractivity contribution in [3.63, 3.8) is 0 Å². The van der Waals surface area contributed by atoms with Crippen molar-refractivity contribution in [2.75, 3.05) is 5.32 Å². The Hall–Kier alpha value is -3.44. The van der Waals surface area contributed by atoms with E-state index in [4.69, 9.17) is 16.3 Å². The van der Waals surface area contributed by atoms with E-state index in [0.29, 0.717) is 23.0 Å². The van der Waals surface area contributed by atoms with E-state index in [9.17, 15) is 9.90 Å². The van der Waals surface area contributed by atoms with Gasteiger partial charge in [0, 0.05) is 17.3 Å². The molecule has 0 spiro atoms. The number of alkyl carbamates (subject to hydrolysis) is 1. The van der Waals surface area contributed by atoms with E-state index in [1.807, 2.05) is 42.5 Å². The van der Waals surface area contributed by atoms with E-state index in [0.717, 1.165) is 16.7 Å². The van der Waals surface area contributed by atoms with E-state index in [2.05, 4.69) is 17.2 Å². The van der Waals surface area contributed by atoms with Gasteiger partial charge in [0.2, 0.25) is 0 Å². The summed E-state index contributed by atoms with van der Waals surface area (Å²) in [6.45, 7) is 6.16. The van der Waals surface area contributed by atoms with Crippen LogP contribution in [0.1, 0.15) is 29.7 Å². The molecular formula is C24H23ClN2O3. The minimum absolute atomic E-state index is 0.158. The molecule has 1 amide bonds. The summed E-state index contributed by atoms with van der Waals surface area (Å²) in [5.74, 6) is 0.158. The third-order valence-corrected chi connectivity index (χ3v) is 4.80. The summed E-state index contributed by atoms with van der Waals surface area (Å²) in [6, 6.07) is 21.7. The molecule has 0 saturated carbocycles. The standard InChI is InChI=1S/C24H23ClN2O3/c1-16(27-22-5-3-4-6-23(22)28)19-9-7-18(8-10-19)15-26-24(29)30-17(2)20-11-13-21(25)14-12-20/h3-14,17,27-28H,1,15H2,2H3,(H,26,29). The number of carbonyl (C=O) groups is 1. The average Bonchev–Trinajstić information content (AvgIpc) is 2.74. The first-order valence-electron chi connectivity index (χ1n) is 9.45. The van der Waals surface area contributed by atoms with Gasteiger partial charge in [0.15, 0.2) is 0 Å². The maximum atomic E-state index is 12.1. The minimum Gasteiger partial charge on any atom is -0.506 e. The van der Waals surface area contributed by atoms with Crippen molar-refractivity contribution >= 4 is 29.1 Å². The quantitative estimate of drug-likeness (QED) is 0.401. The van der Waals surface area contributed by atoms with Crippen molar-refractivity contribution in [1.82, 2.24) is 5.32 Å². The zero-order valence-electron chi connectivity index (χ0n) is 16.6. The molecule has 0 fully saturated rings. The van der Waals surface area contributed by atoms with Crippen LogP contribution in [0.4, 0.5) is 10.5 Å². The first-order chi connectivity index (χ1) is 14.4. The maximum absolute atomic E-state index is 12.1. The molecule has 3 rings (SSSR count). The molecule has 3 aromatic carbocycles. The van der Waals surface area contributed by atoms with Crippen LogP contribution in [0.5, 0.6) is 5.75 Å². The Morgan fingerprint density at radius 3 is 2.40 bits per heavy atom. The highest BCUT2D eigenvalue weighted by Gasteiger charge is 2.11. The van der Waals surface area contributed by atoms with E-state index < -0.39 is 6.09 Å². The van der Waals surface area contributed by atoms with Gasteiger partial charge in [0.05, 0.1) is 5.69 Å². The van der Waals surface area contributed by atoms with Crippen molar-refractivity contribution < 1.29 is 14.6 Å². The Kier molecular flexibility index (Phi) is 6.99. The largest absolute Gasteiger partial charge is 0.506 e. The lowest BCUT2D eigenvalue weighted by Crippen LogP contribution is -2.24. The van der Waals surface area contributed by atoms with Crippen LogP contribution in [0.15, 0.2) is 79.4 Å². The second-order valence-electron chi connectivity index (χ2n) is 6.77. The van der Waals surface area contributed by atoms with Crippen molar-refractivity contribution in [3.8, 4) is 5.75 Å².